The Morgan fingerprint density at radius 2 is 1.57 bits per heavy atom. The van der Waals surface area contributed by atoms with Gasteiger partial charge in [0.1, 0.15) is 6.10 Å². The predicted octanol–water partition coefficient (Wildman–Crippen LogP) is 2.89. The van der Waals surface area contributed by atoms with Crippen LogP contribution in [0.2, 0.25) is 18.1 Å². The van der Waals surface area contributed by atoms with Crippen molar-refractivity contribution in [1.29, 1.82) is 0 Å². The predicted molar refractivity (Wildman–Crippen MR) is 74.9 cm³/mol. The largest absolute Gasteiger partial charge is 0.523 e. The van der Waals surface area contributed by atoms with E-state index in [0.717, 1.165) is 0 Å². The lowest BCUT2D eigenvalue weighted by Gasteiger charge is -2.37. The second-order valence-electron chi connectivity index (χ2n) is 6.11. The summed E-state index contributed by atoms with van der Waals surface area (Å²) in [7, 11) is -6.46. The van der Waals surface area contributed by atoms with Crippen LogP contribution < -0.4 is 0 Å². The van der Waals surface area contributed by atoms with E-state index in [9.17, 15) is 21.6 Å². The average molecular weight is 352 g/mol. The van der Waals surface area contributed by atoms with E-state index in [1.807, 2.05) is 33.9 Å². The highest BCUT2D eigenvalue weighted by Gasteiger charge is 2.47. The molecule has 0 saturated carbocycles. The minimum absolute atomic E-state index is 0.0274. The van der Waals surface area contributed by atoms with Crippen molar-refractivity contribution >= 4 is 18.4 Å². The van der Waals surface area contributed by atoms with Crippen LogP contribution in [0.15, 0.2) is 0 Å². The zero-order chi connectivity index (χ0) is 17.1. The Labute approximate surface area is 125 Å². The van der Waals surface area contributed by atoms with Gasteiger partial charge in [0.05, 0.1) is 13.2 Å². The molecule has 0 heterocycles. The van der Waals surface area contributed by atoms with E-state index < -0.39 is 36.7 Å². The number of ether oxygens (including phenoxy) is 1. The molecule has 21 heavy (non-hydrogen) atoms. The van der Waals surface area contributed by atoms with Gasteiger partial charge in [-0.15, -0.1) is 0 Å². The highest BCUT2D eigenvalue weighted by molar-refractivity contribution is 7.87. The molecule has 0 aromatic carbocycles. The van der Waals surface area contributed by atoms with Crippen molar-refractivity contribution in [3.8, 4) is 0 Å². The third kappa shape index (κ3) is 6.23. The minimum Gasteiger partial charge on any atom is -0.414 e. The lowest BCUT2D eigenvalue weighted by atomic mass is 10.2. The van der Waals surface area contributed by atoms with Crippen molar-refractivity contribution in [2.45, 2.75) is 50.5 Å². The zero-order valence-electron chi connectivity index (χ0n) is 13.1. The number of halogens is 3. The van der Waals surface area contributed by atoms with Crippen LogP contribution in [-0.2, 0) is 23.5 Å². The first-order chi connectivity index (χ1) is 9.14. The van der Waals surface area contributed by atoms with Crippen LogP contribution in [0, 0.1) is 0 Å². The van der Waals surface area contributed by atoms with Crippen molar-refractivity contribution in [3.63, 3.8) is 0 Å². The Kier molecular flexibility index (Phi) is 6.89. The highest BCUT2D eigenvalue weighted by atomic mass is 32.2. The molecule has 128 valence electrons. The molecule has 0 aliphatic rings. The maximum Gasteiger partial charge on any atom is 0.523 e. The van der Waals surface area contributed by atoms with Gasteiger partial charge in [0, 0.05) is 7.11 Å². The molecule has 0 amide bonds. The summed E-state index contributed by atoms with van der Waals surface area (Å²) in [6.07, 6.45) is -0.892. The quantitative estimate of drug-likeness (QED) is 0.400. The molecule has 0 rings (SSSR count). The van der Waals surface area contributed by atoms with Crippen molar-refractivity contribution in [3.05, 3.63) is 0 Å². The van der Waals surface area contributed by atoms with Gasteiger partial charge in [-0.25, -0.2) is 0 Å². The number of hydrogen-bond acceptors (Lipinski definition) is 5. The van der Waals surface area contributed by atoms with Gasteiger partial charge in [0.25, 0.3) is 0 Å². The lowest BCUT2D eigenvalue weighted by molar-refractivity contribution is -0.0589. The van der Waals surface area contributed by atoms with Crippen LogP contribution in [-0.4, -0.2) is 48.7 Å². The first-order valence-corrected chi connectivity index (χ1v) is 10.6. The number of methoxy groups -OCH3 is 1. The van der Waals surface area contributed by atoms with E-state index in [-0.39, 0.29) is 11.6 Å². The molecule has 0 bridgehead atoms. The van der Waals surface area contributed by atoms with Gasteiger partial charge in [-0.05, 0) is 18.1 Å². The summed E-state index contributed by atoms with van der Waals surface area (Å²) in [5.41, 5.74) is -5.44. The second-order valence-corrected chi connectivity index (χ2v) is 12.5. The molecule has 10 heteroatoms. The van der Waals surface area contributed by atoms with E-state index in [1.54, 1.807) is 0 Å². The summed E-state index contributed by atoms with van der Waals surface area (Å²) in [6.45, 7) is 9.18. The number of hydrogen-bond donors (Lipinski definition) is 0. The molecule has 5 nitrogen and oxygen atoms in total. The molecule has 0 saturated heterocycles. The Bertz CT molecular complexity index is 428. The van der Waals surface area contributed by atoms with Crippen LogP contribution in [0.25, 0.3) is 0 Å². The maximum absolute atomic E-state index is 12.1. The molecule has 0 N–H and O–H groups in total. The molecule has 0 aliphatic carbocycles. The summed E-state index contributed by atoms with van der Waals surface area (Å²) in [6, 6.07) is 0. The fourth-order valence-corrected chi connectivity index (χ4v) is 2.43. The van der Waals surface area contributed by atoms with E-state index in [4.69, 9.17) is 9.16 Å². The van der Waals surface area contributed by atoms with Gasteiger partial charge in [0.2, 0.25) is 0 Å². The van der Waals surface area contributed by atoms with Gasteiger partial charge in [-0.1, -0.05) is 20.8 Å². The molecular formula is C11H23F3O5SSi. The van der Waals surface area contributed by atoms with Crippen LogP contribution in [0.5, 0.6) is 0 Å². The van der Waals surface area contributed by atoms with Crippen molar-refractivity contribution in [1.82, 2.24) is 0 Å². The fraction of sp³-hybridized carbons (Fsp3) is 1.00. The Morgan fingerprint density at radius 3 is 1.90 bits per heavy atom. The van der Waals surface area contributed by atoms with Gasteiger partial charge < -0.3 is 9.16 Å². The summed E-state index contributed by atoms with van der Waals surface area (Å²) in [5, 5.41) is -0.0792. The van der Waals surface area contributed by atoms with Crippen LogP contribution in [0.3, 0.4) is 0 Å². The summed E-state index contributed by atoms with van der Waals surface area (Å²) in [4.78, 5) is 0. The summed E-state index contributed by atoms with van der Waals surface area (Å²) < 4.78 is 72.6. The minimum atomic E-state index is -5.61. The monoisotopic (exact) mass is 352 g/mol. The van der Waals surface area contributed by atoms with Crippen LogP contribution in [0.4, 0.5) is 13.2 Å². The van der Waals surface area contributed by atoms with Crippen molar-refractivity contribution in [2.75, 3.05) is 20.3 Å². The van der Waals surface area contributed by atoms with Crippen molar-refractivity contribution in [2.24, 2.45) is 0 Å². The van der Waals surface area contributed by atoms with E-state index in [2.05, 4.69) is 4.18 Å². The molecule has 0 aliphatic heterocycles. The van der Waals surface area contributed by atoms with Gasteiger partial charge >= 0.3 is 15.6 Å². The number of rotatable bonds is 7. The second kappa shape index (κ2) is 6.94. The van der Waals surface area contributed by atoms with Gasteiger partial charge in [-0.3, -0.25) is 4.18 Å². The lowest BCUT2D eigenvalue weighted by Crippen LogP contribution is -2.43. The summed E-state index contributed by atoms with van der Waals surface area (Å²) >= 11 is 0. The molecule has 0 aromatic rings. The Balaban J connectivity index is 4.58. The fourth-order valence-electron chi connectivity index (χ4n) is 0.934. The topological polar surface area (TPSA) is 61.8 Å². The normalized spacial score (nSPS) is 16.0. The van der Waals surface area contributed by atoms with E-state index >= 15 is 0 Å². The standard InChI is InChI=1S/C11H23F3O5SSi/c1-10(2,3)21(5,6)19-8-9(17-4)7-18-20(15,16)11(12,13)14/h9H,7-8H2,1-6H3. The Morgan fingerprint density at radius 1 is 1.10 bits per heavy atom. The first-order valence-electron chi connectivity index (χ1n) is 6.26. The van der Waals surface area contributed by atoms with E-state index in [0.29, 0.717) is 0 Å². The zero-order valence-corrected chi connectivity index (χ0v) is 14.9. The smallest absolute Gasteiger partial charge is 0.414 e. The molecule has 0 spiro atoms. The molecule has 0 radical (unpaired) electrons. The van der Waals surface area contributed by atoms with Crippen LogP contribution in [0.1, 0.15) is 20.8 Å². The SMILES string of the molecule is COC(CO[Si](C)(C)C(C)(C)C)COS(=O)(=O)C(F)(F)F. The van der Waals surface area contributed by atoms with Crippen molar-refractivity contribution < 1.29 is 34.9 Å². The Hall–Kier alpha value is -0.163. The molecule has 0 fully saturated rings. The van der Waals surface area contributed by atoms with Gasteiger partial charge in [0.15, 0.2) is 8.32 Å². The first kappa shape index (κ1) is 20.8. The van der Waals surface area contributed by atoms with Gasteiger partial charge in [-0.2, -0.15) is 21.6 Å². The third-order valence-corrected chi connectivity index (χ3v) is 8.98. The summed E-state index contributed by atoms with van der Waals surface area (Å²) in [5.74, 6) is 0. The number of alkyl halides is 3. The third-order valence-electron chi connectivity index (χ3n) is 3.46. The maximum atomic E-state index is 12.1. The molecular weight excluding hydrogens is 329 g/mol. The highest BCUT2D eigenvalue weighted by Crippen LogP contribution is 2.36. The molecule has 1 unspecified atom stereocenters. The van der Waals surface area contributed by atoms with E-state index in [1.165, 1.54) is 7.11 Å². The van der Waals surface area contributed by atoms with Crippen LogP contribution >= 0.6 is 0 Å². The molecule has 0 aromatic heterocycles. The molecule has 1 atom stereocenters. The average Bonchev–Trinajstić information content (AvgIpc) is 2.26.